The lowest BCUT2D eigenvalue weighted by molar-refractivity contribution is 0.242. The molecule has 0 fully saturated rings. The number of thiophene rings is 1. The van der Waals surface area contributed by atoms with Gasteiger partial charge in [0.05, 0.1) is 6.10 Å². The first-order valence-corrected chi connectivity index (χ1v) is 7.66. The largest absolute Gasteiger partial charge is 0.491 e. The van der Waals surface area contributed by atoms with Crippen LogP contribution < -0.4 is 10.1 Å². The first kappa shape index (κ1) is 14.1. The van der Waals surface area contributed by atoms with Gasteiger partial charge in [0, 0.05) is 6.54 Å². The standard InChI is InChI=1S/C16H21NOS/c1-13(2)18-16-5-3-14(4-6-16)11-17-9-7-15-8-10-19-12-15/h3-6,8,10,12-13,17H,7,9,11H2,1-2H3. The molecule has 0 saturated carbocycles. The molecule has 2 aromatic rings. The van der Waals surface area contributed by atoms with E-state index >= 15 is 0 Å². The minimum Gasteiger partial charge on any atom is -0.491 e. The van der Waals surface area contributed by atoms with Gasteiger partial charge >= 0.3 is 0 Å². The van der Waals surface area contributed by atoms with Crippen LogP contribution in [0.3, 0.4) is 0 Å². The van der Waals surface area contributed by atoms with E-state index in [1.165, 1.54) is 11.1 Å². The molecular weight excluding hydrogens is 254 g/mol. The summed E-state index contributed by atoms with van der Waals surface area (Å²) in [5, 5.41) is 7.80. The summed E-state index contributed by atoms with van der Waals surface area (Å²) >= 11 is 1.76. The minimum absolute atomic E-state index is 0.231. The van der Waals surface area contributed by atoms with Gasteiger partial charge in [-0.25, -0.2) is 0 Å². The van der Waals surface area contributed by atoms with E-state index < -0.39 is 0 Å². The van der Waals surface area contributed by atoms with Crippen LogP contribution in [0.5, 0.6) is 5.75 Å². The van der Waals surface area contributed by atoms with Crippen molar-refractivity contribution in [2.45, 2.75) is 32.9 Å². The molecule has 0 bridgehead atoms. The second kappa shape index (κ2) is 7.31. The lowest BCUT2D eigenvalue weighted by Gasteiger charge is -2.10. The van der Waals surface area contributed by atoms with Crippen molar-refractivity contribution >= 4 is 11.3 Å². The van der Waals surface area contributed by atoms with Crippen molar-refractivity contribution in [3.63, 3.8) is 0 Å². The molecule has 0 amide bonds. The fourth-order valence-electron chi connectivity index (χ4n) is 1.86. The van der Waals surface area contributed by atoms with Gasteiger partial charge in [-0.1, -0.05) is 12.1 Å². The van der Waals surface area contributed by atoms with Gasteiger partial charge in [-0.2, -0.15) is 11.3 Å². The summed E-state index contributed by atoms with van der Waals surface area (Å²) in [7, 11) is 0. The van der Waals surface area contributed by atoms with Gasteiger partial charge in [-0.05, 0) is 66.9 Å². The van der Waals surface area contributed by atoms with Crippen LogP contribution in [0.2, 0.25) is 0 Å². The zero-order valence-corrected chi connectivity index (χ0v) is 12.4. The summed E-state index contributed by atoms with van der Waals surface area (Å²) in [5.41, 5.74) is 2.71. The molecule has 0 atom stereocenters. The summed E-state index contributed by atoms with van der Waals surface area (Å²) in [4.78, 5) is 0. The topological polar surface area (TPSA) is 21.3 Å². The molecule has 3 heteroatoms. The Balaban J connectivity index is 1.71. The average Bonchev–Trinajstić information content (AvgIpc) is 2.89. The molecule has 19 heavy (non-hydrogen) atoms. The van der Waals surface area contributed by atoms with E-state index in [1.807, 2.05) is 26.0 Å². The molecule has 0 spiro atoms. The van der Waals surface area contributed by atoms with Crippen molar-refractivity contribution in [1.29, 1.82) is 0 Å². The van der Waals surface area contributed by atoms with Crippen LogP contribution in [0.15, 0.2) is 41.1 Å². The second-order valence-electron chi connectivity index (χ2n) is 4.87. The first-order valence-electron chi connectivity index (χ1n) is 6.71. The van der Waals surface area contributed by atoms with E-state index in [0.29, 0.717) is 0 Å². The van der Waals surface area contributed by atoms with Crippen LogP contribution in [0, 0.1) is 0 Å². The Morgan fingerprint density at radius 3 is 2.53 bits per heavy atom. The molecule has 1 heterocycles. The van der Waals surface area contributed by atoms with Gasteiger partial charge in [0.15, 0.2) is 0 Å². The number of rotatable bonds is 7. The van der Waals surface area contributed by atoms with E-state index in [4.69, 9.17) is 4.74 Å². The number of hydrogen-bond acceptors (Lipinski definition) is 3. The minimum atomic E-state index is 0.231. The van der Waals surface area contributed by atoms with Crippen LogP contribution in [0.1, 0.15) is 25.0 Å². The lowest BCUT2D eigenvalue weighted by atomic mass is 10.2. The molecule has 102 valence electrons. The predicted molar refractivity (Wildman–Crippen MR) is 81.9 cm³/mol. The second-order valence-corrected chi connectivity index (χ2v) is 5.65. The Labute approximate surface area is 119 Å². The van der Waals surface area contributed by atoms with Gasteiger partial charge in [0.1, 0.15) is 5.75 Å². The Hall–Kier alpha value is -1.32. The van der Waals surface area contributed by atoms with Crippen molar-refractivity contribution in [1.82, 2.24) is 5.32 Å². The Kier molecular flexibility index (Phi) is 5.43. The highest BCUT2D eigenvalue weighted by atomic mass is 32.1. The molecule has 1 N–H and O–H groups in total. The summed E-state index contributed by atoms with van der Waals surface area (Å²) < 4.78 is 5.62. The van der Waals surface area contributed by atoms with Gasteiger partial charge in [0.2, 0.25) is 0 Å². The third kappa shape index (κ3) is 5.05. The third-order valence-corrected chi connectivity index (χ3v) is 3.53. The van der Waals surface area contributed by atoms with E-state index in [2.05, 4.69) is 34.3 Å². The Morgan fingerprint density at radius 2 is 1.89 bits per heavy atom. The monoisotopic (exact) mass is 275 g/mol. The van der Waals surface area contributed by atoms with E-state index in [0.717, 1.165) is 25.3 Å². The maximum atomic E-state index is 5.62. The van der Waals surface area contributed by atoms with Crippen LogP contribution in [0.4, 0.5) is 0 Å². The Morgan fingerprint density at radius 1 is 1.11 bits per heavy atom. The summed E-state index contributed by atoms with van der Waals surface area (Å²) in [6.45, 7) is 6.01. The third-order valence-electron chi connectivity index (χ3n) is 2.79. The number of hydrogen-bond donors (Lipinski definition) is 1. The predicted octanol–water partition coefficient (Wildman–Crippen LogP) is 3.87. The van der Waals surface area contributed by atoms with Crippen molar-refractivity contribution in [3.8, 4) is 5.75 Å². The van der Waals surface area contributed by atoms with Crippen molar-refractivity contribution < 1.29 is 4.74 Å². The van der Waals surface area contributed by atoms with Gasteiger partial charge in [-0.3, -0.25) is 0 Å². The van der Waals surface area contributed by atoms with Crippen LogP contribution in [-0.4, -0.2) is 12.6 Å². The zero-order chi connectivity index (χ0) is 13.5. The quantitative estimate of drug-likeness (QED) is 0.775. The van der Waals surface area contributed by atoms with Crippen molar-refractivity contribution in [2.75, 3.05) is 6.54 Å². The van der Waals surface area contributed by atoms with Gasteiger partial charge < -0.3 is 10.1 Å². The molecule has 2 nitrogen and oxygen atoms in total. The molecule has 0 aliphatic heterocycles. The van der Waals surface area contributed by atoms with Gasteiger partial charge in [-0.15, -0.1) is 0 Å². The maximum Gasteiger partial charge on any atom is 0.119 e. The fraction of sp³-hybridized carbons (Fsp3) is 0.375. The Bertz CT molecular complexity index is 462. The van der Waals surface area contributed by atoms with E-state index in [9.17, 15) is 0 Å². The van der Waals surface area contributed by atoms with E-state index in [1.54, 1.807) is 11.3 Å². The summed E-state index contributed by atoms with van der Waals surface area (Å²) in [5.74, 6) is 0.942. The summed E-state index contributed by atoms with van der Waals surface area (Å²) in [6, 6.07) is 10.5. The normalized spacial score (nSPS) is 10.9. The molecule has 2 rings (SSSR count). The number of ether oxygens (including phenoxy) is 1. The highest BCUT2D eigenvalue weighted by Crippen LogP contribution is 2.13. The average molecular weight is 275 g/mol. The highest BCUT2D eigenvalue weighted by Gasteiger charge is 1.98. The maximum absolute atomic E-state index is 5.62. The molecule has 0 aliphatic carbocycles. The number of benzene rings is 1. The highest BCUT2D eigenvalue weighted by molar-refractivity contribution is 7.07. The molecule has 0 radical (unpaired) electrons. The van der Waals surface area contributed by atoms with E-state index in [-0.39, 0.29) is 6.10 Å². The summed E-state index contributed by atoms with van der Waals surface area (Å²) in [6.07, 6.45) is 1.33. The van der Waals surface area contributed by atoms with Crippen LogP contribution in [-0.2, 0) is 13.0 Å². The van der Waals surface area contributed by atoms with Crippen LogP contribution in [0.25, 0.3) is 0 Å². The van der Waals surface area contributed by atoms with Crippen molar-refractivity contribution in [3.05, 3.63) is 52.2 Å². The molecular formula is C16H21NOS. The fourth-order valence-corrected chi connectivity index (χ4v) is 2.56. The molecule has 0 aliphatic rings. The van der Waals surface area contributed by atoms with Crippen molar-refractivity contribution in [2.24, 2.45) is 0 Å². The molecule has 0 saturated heterocycles. The van der Waals surface area contributed by atoms with Gasteiger partial charge in [0.25, 0.3) is 0 Å². The lowest BCUT2D eigenvalue weighted by Crippen LogP contribution is -2.16. The number of nitrogens with one attached hydrogen (secondary N) is 1. The molecule has 1 aromatic heterocycles. The first-order chi connectivity index (χ1) is 9.24. The smallest absolute Gasteiger partial charge is 0.119 e. The molecule has 1 aromatic carbocycles. The SMILES string of the molecule is CC(C)Oc1ccc(CNCCc2ccsc2)cc1. The zero-order valence-electron chi connectivity index (χ0n) is 11.6. The van der Waals surface area contributed by atoms with Crippen LogP contribution >= 0.6 is 11.3 Å². The molecule has 0 unspecified atom stereocenters.